The van der Waals surface area contributed by atoms with Crippen molar-refractivity contribution in [3.8, 4) is 0 Å². The highest BCUT2D eigenvalue weighted by Gasteiger charge is 2.31. The van der Waals surface area contributed by atoms with Crippen LogP contribution < -0.4 is 5.56 Å². The van der Waals surface area contributed by atoms with Crippen molar-refractivity contribution in [1.82, 2.24) is 14.9 Å². The number of nitrogens with one attached hydrogen (secondary N) is 1. The minimum absolute atomic E-state index is 0.173. The molecule has 2 aromatic rings. The molecule has 0 unspecified atom stereocenters. The van der Waals surface area contributed by atoms with Crippen molar-refractivity contribution in [2.75, 3.05) is 13.1 Å². The summed E-state index contributed by atoms with van der Waals surface area (Å²) in [6.45, 7) is 1.42. The van der Waals surface area contributed by atoms with Crippen molar-refractivity contribution >= 4 is 21.8 Å². The molecule has 0 aliphatic carbocycles. The van der Waals surface area contributed by atoms with E-state index in [2.05, 4.69) is 38.0 Å². The number of likely N-dealkylation sites (tertiary alicyclic amines) is 1. The van der Waals surface area contributed by atoms with Gasteiger partial charge in [-0.15, -0.1) is 0 Å². The zero-order valence-electron chi connectivity index (χ0n) is 11.3. The summed E-state index contributed by atoms with van der Waals surface area (Å²) in [7, 11) is 0. The van der Waals surface area contributed by atoms with E-state index >= 15 is 0 Å². The van der Waals surface area contributed by atoms with Gasteiger partial charge in [0, 0.05) is 23.6 Å². The summed E-state index contributed by atoms with van der Waals surface area (Å²) in [5, 5.41) is 0. The Kier molecular flexibility index (Phi) is 3.88. The Morgan fingerprint density at radius 1 is 1.33 bits per heavy atom. The quantitative estimate of drug-likeness (QED) is 0.921. The van der Waals surface area contributed by atoms with Gasteiger partial charge in [-0.3, -0.25) is 9.59 Å². The van der Waals surface area contributed by atoms with Gasteiger partial charge in [0.05, 0.1) is 6.33 Å². The van der Waals surface area contributed by atoms with Crippen LogP contribution in [0, 0.1) is 5.92 Å². The van der Waals surface area contributed by atoms with Crippen LogP contribution in [0.3, 0.4) is 0 Å². The van der Waals surface area contributed by atoms with E-state index in [4.69, 9.17) is 0 Å². The molecule has 108 valence electrons. The minimum atomic E-state index is -0.305. The number of carbonyl (C=O) groups is 1. The van der Waals surface area contributed by atoms with Crippen LogP contribution in [-0.2, 0) is 6.42 Å². The van der Waals surface area contributed by atoms with Gasteiger partial charge in [-0.25, -0.2) is 4.98 Å². The number of H-pyrrole nitrogens is 1. The molecule has 1 amide bonds. The molecule has 3 rings (SSSR count). The first kappa shape index (κ1) is 14.0. The highest BCUT2D eigenvalue weighted by atomic mass is 79.9. The molecule has 2 heterocycles. The van der Waals surface area contributed by atoms with Crippen LogP contribution in [0.5, 0.6) is 0 Å². The number of aromatic nitrogens is 2. The van der Waals surface area contributed by atoms with Gasteiger partial charge in [0.15, 0.2) is 0 Å². The molecule has 1 aromatic heterocycles. The fourth-order valence-electron chi connectivity index (χ4n) is 2.47. The van der Waals surface area contributed by atoms with Gasteiger partial charge in [-0.05, 0) is 30.0 Å². The number of amides is 1. The van der Waals surface area contributed by atoms with Gasteiger partial charge < -0.3 is 9.88 Å². The first-order valence-corrected chi connectivity index (χ1v) is 7.49. The molecule has 21 heavy (non-hydrogen) atoms. The van der Waals surface area contributed by atoms with E-state index in [1.807, 2.05) is 12.1 Å². The number of halogens is 1. The summed E-state index contributed by atoms with van der Waals surface area (Å²) in [5.41, 5.74) is 1.17. The summed E-state index contributed by atoms with van der Waals surface area (Å²) in [5.74, 6) is 0.297. The van der Waals surface area contributed by atoms with Crippen molar-refractivity contribution in [2.45, 2.75) is 6.42 Å². The number of carbonyl (C=O) groups excluding carboxylic acids is 1. The summed E-state index contributed by atoms with van der Waals surface area (Å²) in [6.07, 6.45) is 2.22. The average Bonchev–Trinajstić information content (AvgIpc) is 2.44. The van der Waals surface area contributed by atoms with Crippen LogP contribution in [0.2, 0.25) is 0 Å². The van der Waals surface area contributed by atoms with E-state index in [0.29, 0.717) is 19.0 Å². The molecule has 1 aliphatic rings. The van der Waals surface area contributed by atoms with Crippen LogP contribution >= 0.6 is 15.9 Å². The van der Waals surface area contributed by atoms with Crippen LogP contribution in [-0.4, -0.2) is 33.9 Å². The number of nitrogens with zero attached hydrogens (tertiary/aromatic N) is 2. The van der Waals surface area contributed by atoms with Crippen molar-refractivity contribution in [3.05, 3.63) is 62.7 Å². The maximum absolute atomic E-state index is 12.1. The molecule has 6 heteroatoms. The normalized spacial score (nSPS) is 14.8. The Hall–Kier alpha value is -1.95. The standard InChI is InChI=1S/C15H14BrN3O2/c16-12-3-1-10(2-4-12)5-11-7-19(8-11)15(21)13-6-14(20)18-9-17-13/h1-4,6,9,11H,5,7-8H2,(H,17,18,20). The van der Waals surface area contributed by atoms with Crippen LogP contribution in [0.15, 0.2) is 45.9 Å². The second-order valence-electron chi connectivity index (χ2n) is 5.20. The summed E-state index contributed by atoms with van der Waals surface area (Å²) < 4.78 is 1.07. The zero-order chi connectivity index (χ0) is 14.8. The SMILES string of the molecule is O=C(c1cc(=O)[nH]cn1)N1CC(Cc2ccc(Br)cc2)C1. The smallest absolute Gasteiger partial charge is 0.272 e. The van der Waals surface area contributed by atoms with E-state index in [9.17, 15) is 9.59 Å². The van der Waals surface area contributed by atoms with Crippen molar-refractivity contribution in [2.24, 2.45) is 5.92 Å². The number of benzene rings is 1. The lowest BCUT2D eigenvalue weighted by atomic mass is 9.92. The predicted octanol–water partition coefficient (Wildman–Crippen LogP) is 1.85. The number of rotatable bonds is 3. The van der Waals surface area contributed by atoms with Gasteiger partial charge in [-0.1, -0.05) is 28.1 Å². The maximum Gasteiger partial charge on any atom is 0.272 e. The molecule has 5 nitrogen and oxygen atoms in total. The van der Waals surface area contributed by atoms with Gasteiger partial charge in [-0.2, -0.15) is 0 Å². The molecular formula is C15H14BrN3O2. The third-order valence-electron chi connectivity index (χ3n) is 3.58. The first-order chi connectivity index (χ1) is 10.1. The lowest BCUT2D eigenvalue weighted by molar-refractivity contribution is 0.0494. The molecule has 0 bridgehead atoms. The number of hydrogen-bond acceptors (Lipinski definition) is 3. The van der Waals surface area contributed by atoms with E-state index in [0.717, 1.165) is 10.9 Å². The average molecular weight is 348 g/mol. The lowest BCUT2D eigenvalue weighted by Crippen LogP contribution is -2.51. The maximum atomic E-state index is 12.1. The molecule has 1 N–H and O–H groups in total. The predicted molar refractivity (Wildman–Crippen MR) is 82.1 cm³/mol. The zero-order valence-corrected chi connectivity index (χ0v) is 12.8. The highest BCUT2D eigenvalue weighted by Crippen LogP contribution is 2.22. The lowest BCUT2D eigenvalue weighted by Gasteiger charge is -2.39. The Bertz CT molecular complexity index is 705. The molecule has 0 atom stereocenters. The molecule has 0 radical (unpaired) electrons. The van der Waals surface area contributed by atoms with Gasteiger partial charge in [0.25, 0.3) is 11.5 Å². The number of aromatic amines is 1. The molecule has 1 fully saturated rings. The second kappa shape index (κ2) is 5.81. The van der Waals surface area contributed by atoms with Gasteiger partial charge in [0.2, 0.25) is 0 Å². The summed E-state index contributed by atoms with van der Waals surface area (Å²) >= 11 is 3.42. The molecule has 1 aromatic carbocycles. The summed E-state index contributed by atoms with van der Waals surface area (Å²) in [6, 6.07) is 9.47. The fourth-order valence-corrected chi connectivity index (χ4v) is 2.73. The topological polar surface area (TPSA) is 66.1 Å². The van der Waals surface area contributed by atoms with Crippen molar-refractivity contribution in [1.29, 1.82) is 0 Å². The molecule has 1 saturated heterocycles. The Balaban J connectivity index is 1.57. The van der Waals surface area contributed by atoms with Crippen molar-refractivity contribution in [3.63, 3.8) is 0 Å². The van der Waals surface area contributed by atoms with Crippen molar-refractivity contribution < 1.29 is 4.79 Å². The Morgan fingerprint density at radius 2 is 2.05 bits per heavy atom. The molecule has 1 aliphatic heterocycles. The van der Waals surface area contributed by atoms with E-state index in [1.54, 1.807) is 4.90 Å². The Morgan fingerprint density at radius 3 is 2.71 bits per heavy atom. The minimum Gasteiger partial charge on any atom is -0.337 e. The van der Waals surface area contributed by atoms with E-state index in [1.165, 1.54) is 18.0 Å². The Labute approximate surface area is 130 Å². The van der Waals surface area contributed by atoms with Gasteiger partial charge >= 0.3 is 0 Å². The van der Waals surface area contributed by atoms with E-state index in [-0.39, 0.29) is 17.2 Å². The third kappa shape index (κ3) is 3.21. The first-order valence-electron chi connectivity index (χ1n) is 6.70. The highest BCUT2D eigenvalue weighted by molar-refractivity contribution is 9.10. The van der Waals surface area contributed by atoms with Crippen LogP contribution in [0.25, 0.3) is 0 Å². The fraction of sp³-hybridized carbons (Fsp3) is 0.267. The third-order valence-corrected chi connectivity index (χ3v) is 4.11. The van der Waals surface area contributed by atoms with Crippen LogP contribution in [0.4, 0.5) is 0 Å². The second-order valence-corrected chi connectivity index (χ2v) is 6.12. The van der Waals surface area contributed by atoms with E-state index < -0.39 is 0 Å². The largest absolute Gasteiger partial charge is 0.337 e. The summed E-state index contributed by atoms with van der Waals surface area (Å²) in [4.78, 5) is 31.4. The van der Waals surface area contributed by atoms with Crippen LogP contribution in [0.1, 0.15) is 16.1 Å². The molecule has 0 spiro atoms. The molecular weight excluding hydrogens is 334 g/mol. The monoisotopic (exact) mass is 347 g/mol. The number of hydrogen-bond donors (Lipinski definition) is 1. The molecule has 0 saturated carbocycles. The van der Waals surface area contributed by atoms with Gasteiger partial charge in [0.1, 0.15) is 5.69 Å².